The summed E-state index contributed by atoms with van der Waals surface area (Å²) in [6.45, 7) is 2.38. The van der Waals surface area contributed by atoms with E-state index in [1.54, 1.807) is 12.1 Å². The molecule has 2 aromatic carbocycles. The number of hydrogen-bond donors (Lipinski definition) is 1. The molecule has 0 radical (unpaired) electrons. The summed E-state index contributed by atoms with van der Waals surface area (Å²) in [4.78, 5) is 12.7. The summed E-state index contributed by atoms with van der Waals surface area (Å²) in [5, 5.41) is 2.80. The van der Waals surface area contributed by atoms with Crippen molar-refractivity contribution in [2.45, 2.75) is 37.1 Å². The van der Waals surface area contributed by atoms with E-state index in [1.165, 1.54) is 23.5 Å². The molecule has 1 amide bonds. The molecule has 6 nitrogen and oxygen atoms in total. The number of amides is 1. The maximum Gasteiger partial charge on any atom is 0.255 e. The second-order valence-electron chi connectivity index (χ2n) is 6.76. The van der Waals surface area contributed by atoms with Gasteiger partial charge in [-0.05, 0) is 66.0 Å². The molecule has 0 aromatic heterocycles. The number of para-hydroxylation sites is 1. The number of benzene rings is 2. The van der Waals surface area contributed by atoms with Crippen molar-refractivity contribution in [1.82, 2.24) is 4.31 Å². The fourth-order valence-electron chi connectivity index (χ4n) is 3.33. The molecule has 0 saturated carbocycles. The highest BCUT2D eigenvalue weighted by Crippen LogP contribution is 2.32. The third-order valence-corrected chi connectivity index (χ3v) is 7.60. The van der Waals surface area contributed by atoms with Crippen LogP contribution in [0.2, 0.25) is 0 Å². The third-order valence-electron chi connectivity index (χ3n) is 4.88. The van der Waals surface area contributed by atoms with E-state index in [1.807, 2.05) is 25.1 Å². The van der Waals surface area contributed by atoms with E-state index < -0.39 is 15.9 Å². The monoisotopic (exact) mass is 466 g/mol. The van der Waals surface area contributed by atoms with Crippen LogP contribution < -0.4 is 10.1 Å². The molecule has 8 heteroatoms. The topological polar surface area (TPSA) is 75.7 Å². The Morgan fingerprint density at radius 3 is 2.64 bits per heavy atom. The predicted octanol–water partition coefficient (Wildman–Crippen LogP) is 4.27. The van der Waals surface area contributed by atoms with Crippen molar-refractivity contribution in [1.29, 1.82) is 0 Å². The lowest BCUT2D eigenvalue weighted by molar-refractivity contribution is 0.102. The summed E-state index contributed by atoms with van der Waals surface area (Å²) in [5.41, 5.74) is 0.858. The summed E-state index contributed by atoms with van der Waals surface area (Å²) in [5.74, 6) is -0.159. The minimum Gasteiger partial charge on any atom is -0.495 e. The van der Waals surface area contributed by atoms with E-state index in [4.69, 9.17) is 4.74 Å². The zero-order chi connectivity index (χ0) is 20.3. The van der Waals surface area contributed by atoms with Gasteiger partial charge in [0.25, 0.3) is 5.91 Å². The van der Waals surface area contributed by atoms with Gasteiger partial charge < -0.3 is 10.1 Å². The first-order valence-electron chi connectivity index (χ1n) is 9.10. The highest BCUT2D eigenvalue weighted by atomic mass is 79.9. The molecule has 3 rings (SSSR count). The molecule has 0 spiro atoms. The Morgan fingerprint density at radius 2 is 1.96 bits per heavy atom. The molecule has 150 valence electrons. The van der Waals surface area contributed by atoms with Crippen molar-refractivity contribution in [3.63, 3.8) is 0 Å². The number of piperidine rings is 1. The number of anilines is 1. The average molecular weight is 467 g/mol. The van der Waals surface area contributed by atoms with Crippen LogP contribution in [0, 0.1) is 0 Å². The van der Waals surface area contributed by atoms with E-state index in [0.717, 1.165) is 23.7 Å². The summed E-state index contributed by atoms with van der Waals surface area (Å²) in [7, 11) is -2.35. The van der Waals surface area contributed by atoms with Gasteiger partial charge in [-0.3, -0.25) is 4.79 Å². The SMILES string of the molecule is COc1ccc(C(=O)Nc2ccccc2Br)cc1S(=O)(=O)N1CCCCC1C. The standard InChI is InChI=1S/C20H23BrN2O4S/c1-14-7-5-6-12-23(14)28(25,26)19-13-15(10-11-18(19)27-2)20(24)22-17-9-4-3-8-16(17)21/h3-4,8-11,13-14H,5-7,12H2,1-2H3,(H,22,24). The van der Waals surface area contributed by atoms with Crippen molar-refractivity contribution in [2.24, 2.45) is 0 Å². The Labute approximate surface area is 174 Å². The summed E-state index contributed by atoms with van der Waals surface area (Å²) in [6, 6.07) is 11.6. The summed E-state index contributed by atoms with van der Waals surface area (Å²) in [6.07, 6.45) is 2.66. The van der Waals surface area contributed by atoms with Crippen molar-refractivity contribution in [3.8, 4) is 5.75 Å². The van der Waals surface area contributed by atoms with Crippen LogP contribution in [-0.4, -0.2) is 38.3 Å². The Hall–Kier alpha value is -1.90. The Kier molecular flexibility index (Phi) is 6.42. The Morgan fingerprint density at radius 1 is 1.21 bits per heavy atom. The second-order valence-corrected chi connectivity index (χ2v) is 9.47. The highest BCUT2D eigenvalue weighted by Gasteiger charge is 2.33. The molecule has 1 aliphatic rings. The first-order valence-corrected chi connectivity index (χ1v) is 11.3. The minimum atomic E-state index is -3.77. The van der Waals surface area contributed by atoms with Gasteiger partial charge in [-0.1, -0.05) is 18.6 Å². The lowest BCUT2D eigenvalue weighted by Gasteiger charge is -2.32. The van der Waals surface area contributed by atoms with Gasteiger partial charge in [0.15, 0.2) is 0 Å². The fourth-order valence-corrected chi connectivity index (χ4v) is 5.60. The first-order chi connectivity index (χ1) is 13.3. The van der Waals surface area contributed by atoms with Gasteiger partial charge in [0.1, 0.15) is 10.6 Å². The molecule has 1 heterocycles. The molecule has 1 atom stereocenters. The largest absolute Gasteiger partial charge is 0.495 e. The molecule has 1 unspecified atom stereocenters. The number of halogens is 1. The molecular formula is C20H23BrN2O4S. The number of nitrogens with zero attached hydrogens (tertiary/aromatic N) is 1. The Bertz CT molecular complexity index is 978. The van der Waals surface area contributed by atoms with Crippen LogP contribution in [0.1, 0.15) is 36.5 Å². The third kappa shape index (κ3) is 4.24. The maximum absolute atomic E-state index is 13.3. The number of ether oxygens (including phenoxy) is 1. The van der Waals surface area contributed by atoms with Crippen LogP contribution in [-0.2, 0) is 10.0 Å². The van der Waals surface area contributed by atoms with Gasteiger partial charge in [-0.25, -0.2) is 8.42 Å². The van der Waals surface area contributed by atoms with Gasteiger partial charge in [0, 0.05) is 22.6 Å². The quantitative estimate of drug-likeness (QED) is 0.713. The van der Waals surface area contributed by atoms with Gasteiger partial charge in [0.05, 0.1) is 12.8 Å². The molecular weight excluding hydrogens is 444 g/mol. The smallest absolute Gasteiger partial charge is 0.255 e. The highest BCUT2D eigenvalue weighted by molar-refractivity contribution is 9.10. The van der Waals surface area contributed by atoms with E-state index in [0.29, 0.717) is 12.2 Å². The van der Waals surface area contributed by atoms with E-state index in [-0.39, 0.29) is 22.3 Å². The van der Waals surface area contributed by atoms with Crippen LogP contribution >= 0.6 is 15.9 Å². The minimum absolute atomic E-state index is 0.0172. The first kappa shape index (κ1) is 20.8. The van der Waals surface area contributed by atoms with Gasteiger partial charge in [-0.2, -0.15) is 4.31 Å². The lowest BCUT2D eigenvalue weighted by atomic mass is 10.1. The van der Waals surface area contributed by atoms with Crippen LogP contribution in [0.5, 0.6) is 5.75 Å². The van der Waals surface area contributed by atoms with Gasteiger partial charge in [0.2, 0.25) is 10.0 Å². The number of sulfonamides is 1. The van der Waals surface area contributed by atoms with Gasteiger partial charge >= 0.3 is 0 Å². The number of rotatable bonds is 5. The van der Waals surface area contributed by atoms with Gasteiger partial charge in [-0.15, -0.1) is 0 Å². The number of hydrogen-bond acceptors (Lipinski definition) is 4. The van der Waals surface area contributed by atoms with E-state index in [9.17, 15) is 13.2 Å². The van der Waals surface area contributed by atoms with Crippen molar-refractivity contribution >= 4 is 37.5 Å². The van der Waals surface area contributed by atoms with Crippen molar-refractivity contribution in [3.05, 3.63) is 52.5 Å². The molecule has 1 saturated heterocycles. The summed E-state index contributed by atoms with van der Waals surface area (Å²) < 4.78 is 34.1. The number of carbonyl (C=O) groups is 1. The maximum atomic E-state index is 13.3. The molecule has 28 heavy (non-hydrogen) atoms. The number of methoxy groups -OCH3 is 1. The van der Waals surface area contributed by atoms with Crippen LogP contribution in [0.4, 0.5) is 5.69 Å². The van der Waals surface area contributed by atoms with Crippen molar-refractivity contribution in [2.75, 3.05) is 19.0 Å². The van der Waals surface area contributed by atoms with Crippen LogP contribution in [0.3, 0.4) is 0 Å². The molecule has 2 aromatic rings. The zero-order valence-corrected chi connectivity index (χ0v) is 18.2. The van der Waals surface area contributed by atoms with E-state index >= 15 is 0 Å². The predicted molar refractivity (Wildman–Crippen MR) is 112 cm³/mol. The van der Waals surface area contributed by atoms with Crippen LogP contribution in [0.25, 0.3) is 0 Å². The lowest BCUT2D eigenvalue weighted by Crippen LogP contribution is -2.42. The zero-order valence-electron chi connectivity index (χ0n) is 15.8. The molecule has 1 aliphatic heterocycles. The van der Waals surface area contributed by atoms with E-state index in [2.05, 4.69) is 21.2 Å². The average Bonchev–Trinajstić information content (AvgIpc) is 2.69. The summed E-state index contributed by atoms with van der Waals surface area (Å²) >= 11 is 3.39. The Balaban J connectivity index is 1.96. The molecule has 0 bridgehead atoms. The molecule has 0 aliphatic carbocycles. The van der Waals surface area contributed by atoms with Crippen LogP contribution in [0.15, 0.2) is 51.8 Å². The molecule has 1 N–H and O–H groups in total. The van der Waals surface area contributed by atoms with Crippen molar-refractivity contribution < 1.29 is 17.9 Å². The normalized spacial score (nSPS) is 17.9. The number of carbonyl (C=O) groups excluding carboxylic acids is 1. The molecule has 1 fully saturated rings. The second kappa shape index (κ2) is 8.63. The number of nitrogens with one attached hydrogen (secondary N) is 1. The fraction of sp³-hybridized carbons (Fsp3) is 0.350.